The number of amides is 1. The van der Waals surface area contributed by atoms with E-state index in [4.69, 9.17) is 4.74 Å². The zero-order valence-electron chi connectivity index (χ0n) is 11.1. The van der Waals surface area contributed by atoms with Crippen LogP contribution in [-0.4, -0.2) is 40.5 Å². The minimum Gasteiger partial charge on any atom is -0.368 e. The highest BCUT2D eigenvalue weighted by molar-refractivity contribution is 7.17. The summed E-state index contributed by atoms with van der Waals surface area (Å²) in [6, 6.07) is 1.81. The minimum atomic E-state index is -0.350. The molecule has 0 unspecified atom stereocenters. The summed E-state index contributed by atoms with van der Waals surface area (Å²) in [5, 5.41) is 1.83. The monoisotopic (exact) mass is 293 g/mol. The molecule has 0 bridgehead atoms. The van der Waals surface area contributed by atoms with E-state index in [-0.39, 0.29) is 24.1 Å². The van der Waals surface area contributed by atoms with Crippen molar-refractivity contribution in [1.82, 2.24) is 14.9 Å². The van der Waals surface area contributed by atoms with Gasteiger partial charge in [0.1, 0.15) is 16.6 Å². The van der Waals surface area contributed by atoms with E-state index in [0.29, 0.717) is 22.6 Å². The van der Waals surface area contributed by atoms with Gasteiger partial charge in [0, 0.05) is 13.7 Å². The summed E-state index contributed by atoms with van der Waals surface area (Å²) < 4.78 is 5.99. The van der Waals surface area contributed by atoms with Crippen LogP contribution in [0.15, 0.2) is 16.2 Å². The molecule has 20 heavy (non-hydrogen) atoms. The molecule has 1 aliphatic heterocycles. The number of carbonyl (C=O) groups excluding carboxylic acids is 1. The third kappa shape index (κ3) is 2.46. The molecule has 1 amide bonds. The fourth-order valence-corrected chi connectivity index (χ4v) is 3.04. The lowest BCUT2D eigenvalue weighted by Crippen LogP contribution is -2.36. The number of hydrogen-bond donors (Lipinski definition) is 1. The largest absolute Gasteiger partial charge is 0.368 e. The zero-order valence-corrected chi connectivity index (χ0v) is 11.9. The molecule has 2 aromatic heterocycles. The third-order valence-corrected chi connectivity index (χ3v) is 4.23. The number of ether oxygens (including phenoxy) is 1. The standard InChI is InChI=1S/C13H15N3O3S/c1-16(13(18)9-3-2-5-19-9)7-10-14-8-4-6-20-11(8)12(17)15-10/h4,6,9H,2-3,5,7H2,1H3,(H,14,15,17)/t9-/m0/s1. The van der Waals surface area contributed by atoms with Crippen LogP contribution in [0.2, 0.25) is 0 Å². The first-order valence-corrected chi connectivity index (χ1v) is 7.36. The second kappa shape index (κ2) is 5.34. The molecule has 0 saturated carbocycles. The van der Waals surface area contributed by atoms with Gasteiger partial charge in [-0.2, -0.15) is 0 Å². The topological polar surface area (TPSA) is 75.3 Å². The highest BCUT2D eigenvalue weighted by Gasteiger charge is 2.26. The van der Waals surface area contributed by atoms with Gasteiger partial charge in [-0.3, -0.25) is 9.59 Å². The minimum absolute atomic E-state index is 0.0597. The van der Waals surface area contributed by atoms with Crippen LogP contribution < -0.4 is 5.56 Å². The Balaban J connectivity index is 1.78. The number of likely N-dealkylation sites (N-methyl/N-ethyl adjacent to an activating group) is 1. The lowest BCUT2D eigenvalue weighted by Gasteiger charge is -2.19. The summed E-state index contributed by atoms with van der Waals surface area (Å²) in [5.74, 6) is 0.435. The maximum absolute atomic E-state index is 12.1. The van der Waals surface area contributed by atoms with Crippen LogP contribution >= 0.6 is 11.3 Å². The molecule has 1 aliphatic rings. The zero-order chi connectivity index (χ0) is 14.1. The lowest BCUT2D eigenvalue weighted by atomic mass is 10.2. The van der Waals surface area contributed by atoms with Crippen molar-refractivity contribution >= 4 is 27.5 Å². The Kier molecular flexibility index (Phi) is 3.54. The maximum atomic E-state index is 12.1. The highest BCUT2D eigenvalue weighted by Crippen LogP contribution is 2.16. The van der Waals surface area contributed by atoms with Crippen molar-refractivity contribution in [1.29, 1.82) is 0 Å². The van der Waals surface area contributed by atoms with Crippen molar-refractivity contribution < 1.29 is 9.53 Å². The van der Waals surface area contributed by atoms with Crippen LogP contribution in [0.3, 0.4) is 0 Å². The molecule has 0 radical (unpaired) electrons. The number of fused-ring (bicyclic) bond motifs is 1. The Morgan fingerprint density at radius 1 is 1.65 bits per heavy atom. The van der Waals surface area contributed by atoms with Gasteiger partial charge in [0.25, 0.3) is 11.5 Å². The van der Waals surface area contributed by atoms with Crippen molar-refractivity contribution in [2.24, 2.45) is 0 Å². The number of H-pyrrole nitrogens is 1. The molecule has 6 nitrogen and oxygen atoms in total. The van der Waals surface area contributed by atoms with Gasteiger partial charge in [0.2, 0.25) is 0 Å². The second-order valence-corrected chi connectivity index (χ2v) is 5.76. The molecule has 3 heterocycles. The predicted molar refractivity (Wildman–Crippen MR) is 75.7 cm³/mol. The van der Waals surface area contributed by atoms with Crippen molar-refractivity contribution in [3.63, 3.8) is 0 Å². The van der Waals surface area contributed by atoms with Gasteiger partial charge >= 0.3 is 0 Å². The molecular formula is C13H15N3O3S. The smallest absolute Gasteiger partial charge is 0.268 e. The van der Waals surface area contributed by atoms with Gasteiger partial charge in [0.15, 0.2) is 0 Å². The average Bonchev–Trinajstić information content (AvgIpc) is 3.08. The van der Waals surface area contributed by atoms with Crippen LogP contribution in [0, 0.1) is 0 Å². The average molecular weight is 293 g/mol. The molecule has 106 valence electrons. The summed E-state index contributed by atoms with van der Waals surface area (Å²) in [6.07, 6.45) is 1.33. The highest BCUT2D eigenvalue weighted by atomic mass is 32.1. The van der Waals surface area contributed by atoms with Crippen molar-refractivity contribution in [2.75, 3.05) is 13.7 Å². The van der Waals surface area contributed by atoms with Crippen molar-refractivity contribution in [2.45, 2.75) is 25.5 Å². The number of nitrogens with zero attached hydrogens (tertiary/aromatic N) is 2. The van der Waals surface area contributed by atoms with Gasteiger partial charge in [-0.05, 0) is 24.3 Å². The van der Waals surface area contributed by atoms with Crippen molar-refractivity contribution in [3.05, 3.63) is 27.6 Å². The van der Waals surface area contributed by atoms with Crippen LogP contribution in [0.4, 0.5) is 0 Å². The second-order valence-electron chi connectivity index (χ2n) is 4.84. The van der Waals surface area contributed by atoms with E-state index in [1.807, 2.05) is 5.38 Å². The molecule has 0 aliphatic carbocycles. The molecular weight excluding hydrogens is 278 g/mol. The first kappa shape index (κ1) is 13.3. The molecule has 1 atom stereocenters. The predicted octanol–water partition coefficient (Wildman–Crippen LogP) is 1.12. The summed E-state index contributed by atoms with van der Waals surface area (Å²) in [5.41, 5.74) is 0.518. The third-order valence-electron chi connectivity index (χ3n) is 3.33. The normalized spacial score (nSPS) is 18.6. The lowest BCUT2D eigenvalue weighted by molar-refractivity contribution is -0.140. The Labute approximate surface area is 119 Å². The Morgan fingerprint density at radius 2 is 2.50 bits per heavy atom. The van der Waals surface area contributed by atoms with E-state index < -0.39 is 0 Å². The SMILES string of the molecule is CN(Cc1nc2ccsc2c(=O)[nH]1)C(=O)[C@@H]1CCCO1. The van der Waals surface area contributed by atoms with E-state index in [9.17, 15) is 9.59 Å². The summed E-state index contributed by atoms with van der Waals surface area (Å²) in [6.45, 7) is 0.917. The molecule has 1 saturated heterocycles. The van der Waals surface area contributed by atoms with Crippen LogP contribution in [0.25, 0.3) is 10.2 Å². The Bertz CT molecular complexity index is 687. The van der Waals surface area contributed by atoms with E-state index >= 15 is 0 Å². The van der Waals surface area contributed by atoms with Gasteiger partial charge in [-0.15, -0.1) is 11.3 Å². The number of aromatic nitrogens is 2. The van der Waals surface area contributed by atoms with Gasteiger partial charge in [-0.1, -0.05) is 0 Å². The van der Waals surface area contributed by atoms with E-state index in [1.165, 1.54) is 11.3 Å². The van der Waals surface area contributed by atoms with E-state index in [0.717, 1.165) is 12.8 Å². The summed E-state index contributed by atoms with van der Waals surface area (Å²) >= 11 is 1.36. The molecule has 0 aromatic carbocycles. The number of nitrogens with one attached hydrogen (secondary N) is 1. The Hall–Kier alpha value is -1.73. The molecule has 0 spiro atoms. The van der Waals surface area contributed by atoms with Crippen LogP contribution in [0.5, 0.6) is 0 Å². The van der Waals surface area contributed by atoms with Gasteiger partial charge in [-0.25, -0.2) is 4.98 Å². The number of aromatic amines is 1. The quantitative estimate of drug-likeness (QED) is 0.920. The van der Waals surface area contributed by atoms with E-state index in [2.05, 4.69) is 9.97 Å². The van der Waals surface area contributed by atoms with Crippen molar-refractivity contribution in [3.8, 4) is 0 Å². The number of hydrogen-bond acceptors (Lipinski definition) is 5. The Morgan fingerprint density at radius 3 is 3.25 bits per heavy atom. The number of thiophene rings is 1. The fraction of sp³-hybridized carbons (Fsp3) is 0.462. The summed E-state index contributed by atoms with van der Waals surface area (Å²) in [7, 11) is 1.70. The van der Waals surface area contributed by atoms with Crippen LogP contribution in [0.1, 0.15) is 18.7 Å². The number of carbonyl (C=O) groups is 1. The van der Waals surface area contributed by atoms with E-state index in [1.54, 1.807) is 18.0 Å². The molecule has 3 rings (SSSR count). The molecule has 1 fully saturated rings. The number of rotatable bonds is 3. The molecule has 2 aromatic rings. The first-order chi connectivity index (χ1) is 9.65. The fourth-order valence-electron chi connectivity index (χ4n) is 2.32. The van der Waals surface area contributed by atoms with Crippen LogP contribution in [-0.2, 0) is 16.1 Å². The maximum Gasteiger partial charge on any atom is 0.268 e. The van der Waals surface area contributed by atoms with Gasteiger partial charge in [0.05, 0.1) is 12.1 Å². The summed E-state index contributed by atoms with van der Waals surface area (Å²) in [4.78, 5) is 32.6. The van der Waals surface area contributed by atoms with Gasteiger partial charge < -0.3 is 14.6 Å². The first-order valence-electron chi connectivity index (χ1n) is 6.48. The molecule has 7 heteroatoms. The molecule has 1 N–H and O–H groups in total.